The highest BCUT2D eigenvalue weighted by atomic mass is 16.2. The van der Waals surface area contributed by atoms with Crippen molar-refractivity contribution in [3.05, 3.63) is 30.3 Å². The summed E-state index contributed by atoms with van der Waals surface area (Å²) in [4.78, 5) is 26.1. The first-order valence-electron chi connectivity index (χ1n) is 6.37. The molecule has 1 amide bonds. The number of amides is 1. The molecule has 2 rings (SSSR count). The maximum atomic E-state index is 12.6. The van der Waals surface area contributed by atoms with E-state index in [-0.39, 0.29) is 18.1 Å². The van der Waals surface area contributed by atoms with Gasteiger partial charge in [0.25, 0.3) is 0 Å². The minimum atomic E-state index is -0.994. The van der Waals surface area contributed by atoms with Crippen molar-refractivity contribution in [2.75, 3.05) is 11.4 Å². The number of benzene rings is 1. The molecule has 0 N–H and O–H groups in total. The summed E-state index contributed by atoms with van der Waals surface area (Å²) >= 11 is 0. The molecule has 0 radical (unpaired) electrons. The van der Waals surface area contributed by atoms with E-state index >= 15 is 0 Å². The highest BCUT2D eigenvalue weighted by Gasteiger charge is 2.50. The highest BCUT2D eigenvalue weighted by molar-refractivity contribution is 6.13. The van der Waals surface area contributed by atoms with Crippen molar-refractivity contribution >= 4 is 17.4 Å². The van der Waals surface area contributed by atoms with E-state index in [1.807, 2.05) is 36.4 Å². The molecule has 1 unspecified atom stereocenters. The summed E-state index contributed by atoms with van der Waals surface area (Å²) in [5.74, 6) is -0.298. The lowest BCUT2D eigenvalue weighted by atomic mass is 9.78. The fourth-order valence-electron chi connectivity index (χ4n) is 2.63. The normalized spacial score (nSPS) is 22.3. The van der Waals surface area contributed by atoms with Crippen LogP contribution in [0.4, 0.5) is 5.69 Å². The van der Waals surface area contributed by atoms with Gasteiger partial charge in [0.1, 0.15) is 11.2 Å². The summed E-state index contributed by atoms with van der Waals surface area (Å²) in [7, 11) is 0. The van der Waals surface area contributed by atoms with Crippen molar-refractivity contribution < 1.29 is 9.59 Å². The maximum absolute atomic E-state index is 12.6. The number of Topliss-reactive ketones (excluding diaryl/α,β-unsaturated/α-hetero) is 1. The molecule has 1 aromatic carbocycles. The van der Waals surface area contributed by atoms with E-state index in [1.54, 1.807) is 4.90 Å². The molecule has 98 valence electrons. The standard InChI is InChI=1S/C15H16N2O2/c1-12(18)15(8-5-10-16)9-11-17(14(15)19)13-6-3-2-4-7-13/h2-4,6-7H,5,8-9,11H2,1H3. The van der Waals surface area contributed by atoms with Crippen LogP contribution in [-0.4, -0.2) is 18.2 Å². The first-order valence-corrected chi connectivity index (χ1v) is 6.37. The van der Waals surface area contributed by atoms with E-state index in [4.69, 9.17) is 5.26 Å². The second kappa shape index (κ2) is 5.23. The van der Waals surface area contributed by atoms with E-state index in [1.165, 1.54) is 6.92 Å². The Labute approximate surface area is 112 Å². The van der Waals surface area contributed by atoms with Crippen molar-refractivity contribution in [2.45, 2.75) is 26.2 Å². The smallest absolute Gasteiger partial charge is 0.240 e. The fourth-order valence-corrected chi connectivity index (χ4v) is 2.63. The van der Waals surface area contributed by atoms with Gasteiger partial charge in [-0.3, -0.25) is 9.59 Å². The lowest BCUT2D eigenvalue weighted by molar-refractivity contribution is -0.137. The quantitative estimate of drug-likeness (QED) is 0.776. The molecule has 0 saturated carbocycles. The Bertz CT molecular complexity index is 533. The van der Waals surface area contributed by atoms with Crippen LogP contribution in [-0.2, 0) is 9.59 Å². The van der Waals surface area contributed by atoms with Crippen LogP contribution in [0.2, 0.25) is 0 Å². The summed E-state index contributed by atoms with van der Waals surface area (Å²) in [6.45, 7) is 1.98. The lowest BCUT2D eigenvalue weighted by Gasteiger charge is -2.24. The largest absolute Gasteiger partial charge is 0.312 e. The number of anilines is 1. The molecule has 0 aromatic heterocycles. The van der Waals surface area contributed by atoms with Crippen molar-refractivity contribution in [1.82, 2.24) is 0 Å². The van der Waals surface area contributed by atoms with Crippen LogP contribution in [0.5, 0.6) is 0 Å². The van der Waals surface area contributed by atoms with Crippen LogP contribution >= 0.6 is 0 Å². The Hall–Kier alpha value is -2.15. The Morgan fingerprint density at radius 2 is 2.11 bits per heavy atom. The monoisotopic (exact) mass is 256 g/mol. The van der Waals surface area contributed by atoms with Crippen LogP contribution in [0.15, 0.2) is 30.3 Å². The molecule has 4 heteroatoms. The van der Waals surface area contributed by atoms with Crippen LogP contribution in [0.1, 0.15) is 26.2 Å². The number of hydrogen-bond acceptors (Lipinski definition) is 3. The molecule has 0 spiro atoms. The average Bonchev–Trinajstić information content (AvgIpc) is 2.76. The second-order valence-electron chi connectivity index (χ2n) is 4.84. The van der Waals surface area contributed by atoms with Gasteiger partial charge in [-0.1, -0.05) is 18.2 Å². The van der Waals surface area contributed by atoms with Gasteiger partial charge in [0.05, 0.1) is 6.07 Å². The second-order valence-corrected chi connectivity index (χ2v) is 4.84. The molecule has 4 nitrogen and oxygen atoms in total. The lowest BCUT2D eigenvalue weighted by Crippen LogP contribution is -2.39. The van der Waals surface area contributed by atoms with Gasteiger partial charge in [0.15, 0.2) is 0 Å². The number of carbonyl (C=O) groups excluding carboxylic acids is 2. The molecule has 1 heterocycles. The van der Waals surface area contributed by atoms with E-state index in [2.05, 4.69) is 0 Å². The molecule has 1 atom stereocenters. The Morgan fingerprint density at radius 3 is 2.68 bits per heavy atom. The molecule has 19 heavy (non-hydrogen) atoms. The number of nitrogens with zero attached hydrogens (tertiary/aromatic N) is 2. The van der Waals surface area contributed by atoms with Crippen molar-refractivity contribution in [2.24, 2.45) is 5.41 Å². The number of para-hydroxylation sites is 1. The Kier molecular flexibility index (Phi) is 3.66. The third-order valence-electron chi connectivity index (χ3n) is 3.82. The first kappa shape index (κ1) is 13.3. The zero-order chi connectivity index (χ0) is 13.9. The fraction of sp³-hybridized carbons (Fsp3) is 0.400. The van der Waals surface area contributed by atoms with Crippen LogP contribution in [0, 0.1) is 16.7 Å². The predicted octanol–water partition coefficient (Wildman–Crippen LogP) is 2.30. The minimum Gasteiger partial charge on any atom is -0.312 e. The third-order valence-corrected chi connectivity index (χ3v) is 3.82. The van der Waals surface area contributed by atoms with Crippen molar-refractivity contribution in [3.63, 3.8) is 0 Å². The molecule has 1 aliphatic rings. The van der Waals surface area contributed by atoms with Gasteiger partial charge >= 0.3 is 0 Å². The van der Waals surface area contributed by atoms with E-state index in [9.17, 15) is 9.59 Å². The number of hydrogen-bond donors (Lipinski definition) is 0. The molecular formula is C15H16N2O2. The molecule has 0 aliphatic carbocycles. The van der Waals surface area contributed by atoms with E-state index in [0.717, 1.165) is 5.69 Å². The van der Waals surface area contributed by atoms with Gasteiger partial charge in [-0.05, 0) is 31.9 Å². The molecule has 1 saturated heterocycles. The van der Waals surface area contributed by atoms with Gasteiger partial charge in [-0.2, -0.15) is 5.26 Å². The average molecular weight is 256 g/mol. The summed E-state index contributed by atoms with van der Waals surface area (Å²) in [6, 6.07) is 11.4. The van der Waals surface area contributed by atoms with Gasteiger partial charge in [0, 0.05) is 18.7 Å². The van der Waals surface area contributed by atoms with E-state index in [0.29, 0.717) is 19.4 Å². The van der Waals surface area contributed by atoms with Crippen molar-refractivity contribution in [1.29, 1.82) is 5.26 Å². The van der Waals surface area contributed by atoms with Gasteiger partial charge in [-0.25, -0.2) is 0 Å². The topological polar surface area (TPSA) is 61.2 Å². The van der Waals surface area contributed by atoms with E-state index < -0.39 is 5.41 Å². The number of nitriles is 1. The first-order chi connectivity index (χ1) is 9.12. The predicted molar refractivity (Wildman–Crippen MR) is 71.4 cm³/mol. The van der Waals surface area contributed by atoms with Crippen LogP contribution < -0.4 is 4.90 Å². The van der Waals surface area contributed by atoms with Crippen molar-refractivity contribution in [3.8, 4) is 6.07 Å². The molecule has 0 bridgehead atoms. The zero-order valence-electron chi connectivity index (χ0n) is 10.9. The summed E-state index contributed by atoms with van der Waals surface area (Å²) in [5, 5.41) is 8.71. The Balaban J connectivity index is 2.29. The van der Waals surface area contributed by atoms with Crippen LogP contribution in [0.3, 0.4) is 0 Å². The number of rotatable bonds is 4. The van der Waals surface area contributed by atoms with Crippen LogP contribution in [0.25, 0.3) is 0 Å². The summed E-state index contributed by atoms with van der Waals surface area (Å²) in [5.41, 5.74) is -0.182. The molecule has 1 aromatic rings. The SMILES string of the molecule is CC(=O)C1(CCC#N)CCN(c2ccccc2)C1=O. The Morgan fingerprint density at radius 1 is 1.42 bits per heavy atom. The van der Waals surface area contributed by atoms with Gasteiger partial charge in [0.2, 0.25) is 5.91 Å². The molecular weight excluding hydrogens is 240 g/mol. The van der Waals surface area contributed by atoms with Gasteiger partial charge < -0.3 is 4.90 Å². The van der Waals surface area contributed by atoms with Gasteiger partial charge in [-0.15, -0.1) is 0 Å². The zero-order valence-corrected chi connectivity index (χ0v) is 10.9. The minimum absolute atomic E-state index is 0.133. The summed E-state index contributed by atoms with van der Waals surface area (Å²) < 4.78 is 0. The number of ketones is 1. The maximum Gasteiger partial charge on any atom is 0.240 e. The summed E-state index contributed by atoms with van der Waals surface area (Å²) in [6.07, 6.45) is 1.05. The molecule has 1 aliphatic heterocycles. The third kappa shape index (κ3) is 2.24. The highest BCUT2D eigenvalue weighted by Crippen LogP contribution is 2.39. The number of carbonyl (C=O) groups is 2. The molecule has 1 fully saturated rings.